The van der Waals surface area contributed by atoms with Crippen molar-refractivity contribution >= 4 is 23.5 Å². The second-order valence-corrected chi connectivity index (χ2v) is 6.74. The topological polar surface area (TPSA) is 78.5 Å². The van der Waals surface area contributed by atoms with Gasteiger partial charge >= 0.3 is 6.03 Å². The van der Waals surface area contributed by atoms with E-state index >= 15 is 0 Å². The van der Waals surface area contributed by atoms with Crippen LogP contribution < -0.4 is 10.6 Å². The van der Waals surface area contributed by atoms with Crippen LogP contribution in [0.25, 0.3) is 0 Å². The minimum Gasteiger partial charge on any atom is -0.325 e. The molecule has 0 bridgehead atoms. The van der Waals surface area contributed by atoms with E-state index in [-0.39, 0.29) is 18.4 Å². The first-order valence-electron chi connectivity index (χ1n) is 8.51. The Morgan fingerprint density at radius 2 is 1.92 bits per heavy atom. The van der Waals surface area contributed by atoms with E-state index in [2.05, 4.69) is 10.6 Å². The summed E-state index contributed by atoms with van der Waals surface area (Å²) in [5.74, 6) is -0.622. The highest BCUT2D eigenvalue weighted by atomic mass is 16.2. The summed E-state index contributed by atoms with van der Waals surface area (Å²) in [5.41, 5.74) is 0.897. The lowest BCUT2D eigenvalue weighted by Crippen LogP contribution is -2.47. The van der Waals surface area contributed by atoms with Crippen LogP contribution in [0, 0.1) is 6.92 Å². The summed E-state index contributed by atoms with van der Waals surface area (Å²) in [6, 6.07) is 6.95. The lowest BCUT2D eigenvalue weighted by Gasteiger charge is -2.24. The van der Waals surface area contributed by atoms with Gasteiger partial charge in [-0.15, -0.1) is 0 Å². The highest BCUT2D eigenvalue weighted by Gasteiger charge is 2.51. The van der Waals surface area contributed by atoms with Crippen molar-refractivity contribution in [1.82, 2.24) is 10.2 Å². The van der Waals surface area contributed by atoms with Gasteiger partial charge in [0.15, 0.2) is 0 Å². The smallest absolute Gasteiger partial charge is 0.325 e. The van der Waals surface area contributed by atoms with Crippen molar-refractivity contribution in [2.45, 2.75) is 51.0 Å². The van der Waals surface area contributed by atoms with Gasteiger partial charge in [-0.1, -0.05) is 37.8 Å². The van der Waals surface area contributed by atoms with E-state index in [0.717, 1.165) is 36.1 Å². The van der Waals surface area contributed by atoms with Crippen molar-refractivity contribution in [2.75, 3.05) is 11.9 Å². The standard InChI is InChI=1S/C18H23N3O3/c1-13-7-6-8-14(11-13)19-15(22)12-21-16(23)18(20-17(21)24)9-4-2-3-5-10-18/h6-8,11H,2-5,9-10,12H2,1H3,(H,19,22)(H,20,24). The molecule has 1 saturated carbocycles. The Morgan fingerprint density at radius 1 is 1.21 bits per heavy atom. The molecule has 2 aliphatic rings. The van der Waals surface area contributed by atoms with E-state index < -0.39 is 11.6 Å². The number of hydrogen-bond donors (Lipinski definition) is 2. The first-order valence-corrected chi connectivity index (χ1v) is 8.51. The second-order valence-electron chi connectivity index (χ2n) is 6.74. The van der Waals surface area contributed by atoms with Gasteiger partial charge < -0.3 is 10.6 Å². The van der Waals surface area contributed by atoms with Gasteiger partial charge in [0.2, 0.25) is 5.91 Å². The molecular weight excluding hydrogens is 306 g/mol. The molecule has 6 heteroatoms. The molecule has 3 rings (SSSR count). The first-order chi connectivity index (χ1) is 11.5. The maximum Gasteiger partial charge on any atom is 0.325 e. The number of rotatable bonds is 3. The second kappa shape index (κ2) is 6.63. The lowest BCUT2D eigenvalue weighted by atomic mass is 9.90. The SMILES string of the molecule is Cc1cccc(NC(=O)CN2C(=O)NC3(CCCCCC3)C2=O)c1. The number of benzene rings is 1. The molecule has 2 N–H and O–H groups in total. The molecule has 0 radical (unpaired) electrons. The van der Waals surface area contributed by atoms with E-state index in [1.54, 1.807) is 6.07 Å². The number of aryl methyl sites for hydroxylation is 1. The summed E-state index contributed by atoms with van der Waals surface area (Å²) in [6.45, 7) is 1.68. The number of nitrogens with zero attached hydrogens (tertiary/aromatic N) is 1. The van der Waals surface area contributed by atoms with Crippen LogP contribution in [0.2, 0.25) is 0 Å². The molecule has 4 amide bonds. The predicted octanol–water partition coefficient (Wildman–Crippen LogP) is 2.58. The molecule has 1 aromatic rings. The van der Waals surface area contributed by atoms with E-state index in [1.165, 1.54) is 0 Å². The zero-order chi connectivity index (χ0) is 17.2. The molecule has 128 valence electrons. The Morgan fingerprint density at radius 3 is 2.58 bits per heavy atom. The van der Waals surface area contributed by atoms with E-state index in [4.69, 9.17) is 0 Å². The van der Waals surface area contributed by atoms with Gasteiger partial charge in [0.05, 0.1) is 0 Å². The minimum atomic E-state index is -0.794. The summed E-state index contributed by atoms with van der Waals surface area (Å²) >= 11 is 0. The van der Waals surface area contributed by atoms with Crippen LogP contribution >= 0.6 is 0 Å². The maximum atomic E-state index is 12.8. The van der Waals surface area contributed by atoms with Crippen molar-refractivity contribution in [3.05, 3.63) is 29.8 Å². The fourth-order valence-electron chi connectivity index (χ4n) is 3.56. The molecule has 1 aliphatic carbocycles. The van der Waals surface area contributed by atoms with Crippen LogP contribution in [0.1, 0.15) is 44.1 Å². The van der Waals surface area contributed by atoms with Gasteiger partial charge in [-0.25, -0.2) is 4.79 Å². The number of nitrogens with one attached hydrogen (secondary N) is 2. The third-order valence-corrected chi connectivity index (χ3v) is 4.81. The van der Waals surface area contributed by atoms with Crippen LogP contribution in [0.5, 0.6) is 0 Å². The van der Waals surface area contributed by atoms with Crippen molar-refractivity contribution in [1.29, 1.82) is 0 Å². The van der Waals surface area contributed by atoms with E-state index in [0.29, 0.717) is 18.5 Å². The summed E-state index contributed by atoms with van der Waals surface area (Å²) in [5, 5.41) is 5.59. The molecule has 1 aromatic carbocycles. The Kier molecular flexibility index (Phi) is 4.55. The fourth-order valence-corrected chi connectivity index (χ4v) is 3.56. The van der Waals surface area contributed by atoms with Gasteiger partial charge in [0.25, 0.3) is 5.91 Å². The van der Waals surface area contributed by atoms with Crippen LogP contribution in [0.3, 0.4) is 0 Å². The molecule has 1 spiro atoms. The molecule has 2 fully saturated rings. The number of carbonyl (C=O) groups is 3. The first kappa shape index (κ1) is 16.5. The summed E-state index contributed by atoms with van der Waals surface area (Å²) in [7, 11) is 0. The number of anilines is 1. The third-order valence-electron chi connectivity index (χ3n) is 4.81. The van der Waals surface area contributed by atoms with Crippen molar-refractivity contribution in [3.63, 3.8) is 0 Å². The summed E-state index contributed by atoms with van der Waals surface area (Å²) < 4.78 is 0. The van der Waals surface area contributed by atoms with E-state index in [9.17, 15) is 14.4 Å². The van der Waals surface area contributed by atoms with Gasteiger partial charge in [-0.3, -0.25) is 14.5 Å². The largest absolute Gasteiger partial charge is 0.325 e. The van der Waals surface area contributed by atoms with Gasteiger partial charge in [-0.05, 0) is 37.5 Å². The van der Waals surface area contributed by atoms with Crippen molar-refractivity contribution < 1.29 is 14.4 Å². The van der Waals surface area contributed by atoms with Gasteiger partial charge in [0, 0.05) is 5.69 Å². The predicted molar refractivity (Wildman–Crippen MR) is 90.5 cm³/mol. The van der Waals surface area contributed by atoms with Gasteiger partial charge in [-0.2, -0.15) is 0 Å². The molecule has 1 heterocycles. The lowest BCUT2D eigenvalue weighted by molar-refractivity contribution is -0.134. The highest BCUT2D eigenvalue weighted by Crippen LogP contribution is 2.32. The Hall–Kier alpha value is -2.37. The minimum absolute atomic E-state index is 0.250. The number of amides is 4. The fraction of sp³-hybridized carbons (Fsp3) is 0.500. The molecule has 1 aliphatic heterocycles. The van der Waals surface area contributed by atoms with E-state index in [1.807, 2.05) is 25.1 Å². The van der Waals surface area contributed by atoms with Crippen LogP contribution in [0.4, 0.5) is 10.5 Å². The van der Waals surface area contributed by atoms with Crippen LogP contribution in [-0.2, 0) is 9.59 Å². The average molecular weight is 329 g/mol. The summed E-state index contributed by atoms with van der Waals surface area (Å²) in [6.07, 6.45) is 5.34. The van der Waals surface area contributed by atoms with Crippen molar-refractivity contribution in [3.8, 4) is 0 Å². The normalized spacial score (nSPS) is 20.0. The van der Waals surface area contributed by atoms with Crippen molar-refractivity contribution in [2.24, 2.45) is 0 Å². The van der Waals surface area contributed by atoms with Crippen LogP contribution in [-0.4, -0.2) is 34.8 Å². The Bertz CT molecular complexity index is 663. The monoisotopic (exact) mass is 329 g/mol. The number of carbonyl (C=O) groups excluding carboxylic acids is 3. The molecule has 6 nitrogen and oxygen atoms in total. The quantitative estimate of drug-likeness (QED) is 0.837. The number of urea groups is 1. The van der Waals surface area contributed by atoms with Crippen LogP contribution in [0.15, 0.2) is 24.3 Å². The average Bonchev–Trinajstić information content (AvgIpc) is 2.71. The maximum absolute atomic E-state index is 12.8. The molecule has 0 atom stereocenters. The molecule has 0 aromatic heterocycles. The zero-order valence-electron chi connectivity index (χ0n) is 13.9. The third kappa shape index (κ3) is 3.27. The van der Waals surface area contributed by atoms with Gasteiger partial charge in [0.1, 0.15) is 12.1 Å². The Labute approximate surface area is 141 Å². The number of imide groups is 1. The number of hydrogen-bond acceptors (Lipinski definition) is 3. The molecule has 0 unspecified atom stereocenters. The Balaban J connectivity index is 1.67. The molecular formula is C18H23N3O3. The highest BCUT2D eigenvalue weighted by molar-refractivity contribution is 6.10. The molecule has 1 saturated heterocycles. The summed E-state index contributed by atoms with van der Waals surface area (Å²) in [4.78, 5) is 38.3. The zero-order valence-corrected chi connectivity index (χ0v) is 13.9. The molecule has 24 heavy (non-hydrogen) atoms.